The summed E-state index contributed by atoms with van der Waals surface area (Å²) < 4.78 is 0.893. The third kappa shape index (κ3) is 3.91. The Kier molecular flexibility index (Phi) is 6.63. The summed E-state index contributed by atoms with van der Waals surface area (Å²) in [6.07, 6.45) is -0.589. The lowest BCUT2D eigenvalue weighted by atomic mass is 9.81. The standard InChI is InChI=1S/C22H25BrN2O2S/c1-4-25-20(27)22(24-21(25)28-5-2,18-13-17(23)12-11-15(18)3)14-19(26)16-9-7-6-8-10-16/h6-13,19,26H,4-5,14H2,1-3H3. The second-order valence-electron chi connectivity index (χ2n) is 6.83. The number of rotatable bonds is 6. The van der Waals surface area contributed by atoms with Gasteiger partial charge in [-0.1, -0.05) is 71.0 Å². The lowest BCUT2D eigenvalue weighted by Gasteiger charge is -2.30. The van der Waals surface area contributed by atoms with Crippen molar-refractivity contribution in [3.8, 4) is 0 Å². The number of halogens is 1. The van der Waals surface area contributed by atoms with Crippen LogP contribution in [0.1, 0.15) is 43.1 Å². The van der Waals surface area contributed by atoms with E-state index in [1.165, 1.54) is 0 Å². The number of amides is 1. The van der Waals surface area contributed by atoms with Crippen molar-refractivity contribution in [1.82, 2.24) is 4.90 Å². The Hall–Kier alpha value is -1.63. The molecule has 2 atom stereocenters. The number of nitrogens with zero attached hydrogens (tertiary/aromatic N) is 2. The molecule has 0 aliphatic carbocycles. The number of amidine groups is 1. The van der Waals surface area contributed by atoms with Gasteiger partial charge in [-0.3, -0.25) is 9.69 Å². The lowest BCUT2D eigenvalue weighted by molar-refractivity contribution is -0.132. The summed E-state index contributed by atoms with van der Waals surface area (Å²) in [7, 11) is 0. The van der Waals surface area contributed by atoms with E-state index in [2.05, 4.69) is 22.9 Å². The van der Waals surface area contributed by atoms with E-state index in [4.69, 9.17) is 4.99 Å². The zero-order chi connectivity index (χ0) is 20.3. The minimum atomic E-state index is -1.13. The molecule has 1 heterocycles. The summed E-state index contributed by atoms with van der Waals surface area (Å²) in [5, 5.41) is 11.7. The summed E-state index contributed by atoms with van der Waals surface area (Å²) in [5.41, 5.74) is 1.49. The first-order valence-corrected chi connectivity index (χ1v) is 11.2. The fourth-order valence-corrected chi connectivity index (χ4v) is 4.84. The van der Waals surface area contributed by atoms with Crippen molar-refractivity contribution < 1.29 is 9.90 Å². The molecule has 148 valence electrons. The van der Waals surface area contributed by atoms with Crippen molar-refractivity contribution >= 4 is 38.8 Å². The van der Waals surface area contributed by atoms with Crippen molar-refractivity contribution in [2.45, 2.75) is 38.8 Å². The molecule has 28 heavy (non-hydrogen) atoms. The number of carbonyl (C=O) groups excluding carboxylic acids is 1. The predicted octanol–water partition coefficient (Wildman–Crippen LogP) is 5.05. The van der Waals surface area contributed by atoms with E-state index >= 15 is 0 Å². The molecule has 1 aliphatic rings. The Morgan fingerprint density at radius 1 is 1.21 bits per heavy atom. The van der Waals surface area contributed by atoms with Crippen molar-refractivity contribution in [2.75, 3.05) is 12.3 Å². The molecular formula is C22H25BrN2O2S. The SMILES string of the molecule is CCSC1=NC(CC(O)c2ccccc2)(c2cc(Br)ccc2C)C(=O)N1CC. The molecule has 2 aromatic carbocycles. The molecule has 1 aliphatic heterocycles. The largest absolute Gasteiger partial charge is 0.388 e. The normalized spacial score (nSPS) is 20.4. The van der Waals surface area contributed by atoms with E-state index in [0.717, 1.165) is 32.1 Å². The Balaban J connectivity index is 2.14. The van der Waals surface area contributed by atoms with Crippen LogP contribution in [0, 0.1) is 6.92 Å². The molecule has 0 spiro atoms. The molecule has 0 radical (unpaired) electrons. The maximum atomic E-state index is 13.6. The fourth-order valence-electron chi connectivity index (χ4n) is 3.63. The van der Waals surface area contributed by atoms with E-state index in [0.29, 0.717) is 6.54 Å². The fraction of sp³-hybridized carbons (Fsp3) is 0.364. The lowest BCUT2D eigenvalue weighted by Crippen LogP contribution is -2.42. The van der Waals surface area contributed by atoms with Crippen molar-refractivity contribution in [1.29, 1.82) is 0 Å². The first-order valence-electron chi connectivity index (χ1n) is 9.47. The Morgan fingerprint density at radius 3 is 2.57 bits per heavy atom. The molecule has 2 unspecified atom stereocenters. The zero-order valence-electron chi connectivity index (χ0n) is 16.4. The number of hydrogen-bond acceptors (Lipinski definition) is 4. The highest BCUT2D eigenvalue weighted by atomic mass is 79.9. The number of likely N-dealkylation sites (N-methyl/N-ethyl adjacent to an activating group) is 1. The van der Waals surface area contributed by atoms with E-state index in [1.54, 1.807) is 16.7 Å². The van der Waals surface area contributed by atoms with Crippen LogP contribution in [0.4, 0.5) is 0 Å². The summed E-state index contributed by atoms with van der Waals surface area (Å²) in [5.74, 6) is 0.763. The second-order valence-corrected chi connectivity index (χ2v) is 8.97. The number of hydrogen-bond donors (Lipinski definition) is 1. The summed E-state index contributed by atoms with van der Waals surface area (Å²) >= 11 is 5.10. The molecule has 6 heteroatoms. The minimum absolute atomic E-state index is 0.0675. The van der Waals surface area contributed by atoms with Gasteiger partial charge in [0.15, 0.2) is 10.7 Å². The monoisotopic (exact) mass is 460 g/mol. The molecule has 2 aromatic rings. The Bertz CT molecular complexity index is 887. The summed E-state index contributed by atoms with van der Waals surface area (Å²) in [6.45, 7) is 6.55. The zero-order valence-corrected chi connectivity index (χ0v) is 18.8. The molecule has 1 N–H and O–H groups in total. The molecule has 3 rings (SSSR count). The predicted molar refractivity (Wildman–Crippen MR) is 120 cm³/mol. The first kappa shape index (κ1) is 21.1. The van der Waals surface area contributed by atoms with Gasteiger partial charge in [-0.25, -0.2) is 4.99 Å². The van der Waals surface area contributed by atoms with Crippen LogP contribution >= 0.6 is 27.7 Å². The summed E-state index contributed by atoms with van der Waals surface area (Å²) in [4.78, 5) is 20.3. The average molecular weight is 461 g/mol. The van der Waals surface area contributed by atoms with Crippen LogP contribution < -0.4 is 0 Å². The molecule has 0 fully saturated rings. The highest BCUT2D eigenvalue weighted by Gasteiger charge is 2.51. The van der Waals surface area contributed by atoms with Crippen LogP contribution in [-0.4, -0.2) is 33.4 Å². The quantitative estimate of drug-likeness (QED) is 0.655. The van der Waals surface area contributed by atoms with E-state index in [9.17, 15) is 9.90 Å². The Labute approximate surface area is 179 Å². The molecule has 1 amide bonds. The van der Waals surface area contributed by atoms with Crippen molar-refractivity contribution in [3.63, 3.8) is 0 Å². The average Bonchev–Trinajstić information content (AvgIpc) is 2.96. The van der Waals surface area contributed by atoms with Crippen LogP contribution in [0.15, 0.2) is 58.0 Å². The minimum Gasteiger partial charge on any atom is -0.388 e. The summed E-state index contributed by atoms with van der Waals surface area (Å²) in [6, 6.07) is 15.4. The smallest absolute Gasteiger partial charge is 0.261 e. The van der Waals surface area contributed by atoms with Gasteiger partial charge in [0.25, 0.3) is 5.91 Å². The van der Waals surface area contributed by atoms with Crippen molar-refractivity contribution in [2.24, 2.45) is 4.99 Å². The first-order chi connectivity index (χ1) is 13.4. The Morgan fingerprint density at radius 2 is 1.93 bits per heavy atom. The van der Waals surface area contributed by atoms with Gasteiger partial charge in [0.05, 0.1) is 6.10 Å². The number of thioether (sulfide) groups is 1. The van der Waals surface area contributed by atoms with Crippen molar-refractivity contribution in [3.05, 3.63) is 69.7 Å². The van der Waals surface area contributed by atoms with Crippen LogP contribution in [0.5, 0.6) is 0 Å². The number of aliphatic imine (C=N–C) groups is 1. The third-order valence-electron chi connectivity index (χ3n) is 5.02. The number of aliphatic hydroxyl groups is 1. The maximum Gasteiger partial charge on any atom is 0.261 e. The molecular weight excluding hydrogens is 436 g/mol. The van der Waals surface area contributed by atoms with Gasteiger partial charge in [-0.15, -0.1) is 0 Å². The van der Waals surface area contributed by atoms with Gasteiger partial charge < -0.3 is 5.11 Å². The number of aryl methyl sites for hydroxylation is 1. The number of benzene rings is 2. The maximum absolute atomic E-state index is 13.6. The molecule has 0 bridgehead atoms. The number of aliphatic hydroxyl groups excluding tert-OH is 1. The molecule has 0 aromatic heterocycles. The van der Waals surface area contributed by atoms with Gasteiger partial charge in [0.2, 0.25) is 0 Å². The van der Waals surface area contributed by atoms with Gasteiger partial charge in [0.1, 0.15) is 0 Å². The van der Waals surface area contributed by atoms with Gasteiger partial charge in [-0.05, 0) is 48.4 Å². The van der Waals surface area contributed by atoms with Crippen LogP contribution in [0.25, 0.3) is 0 Å². The highest BCUT2D eigenvalue weighted by Crippen LogP contribution is 2.44. The molecule has 4 nitrogen and oxygen atoms in total. The third-order valence-corrected chi connectivity index (χ3v) is 6.38. The van der Waals surface area contributed by atoms with Gasteiger partial charge >= 0.3 is 0 Å². The van der Waals surface area contributed by atoms with E-state index in [1.807, 2.05) is 62.4 Å². The molecule has 0 saturated heterocycles. The second kappa shape index (κ2) is 8.80. The van der Waals surface area contributed by atoms with Gasteiger partial charge in [0, 0.05) is 17.4 Å². The highest BCUT2D eigenvalue weighted by molar-refractivity contribution is 9.10. The van der Waals surface area contributed by atoms with Gasteiger partial charge in [-0.2, -0.15) is 0 Å². The van der Waals surface area contributed by atoms with Crippen LogP contribution in [0.3, 0.4) is 0 Å². The topological polar surface area (TPSA) is 52.9 Å². The van der Waals surface area contributed by atoms with E-state index in [-0.39, 0.29) is 12.3 Å². The molecule has 0 saturated carbocycles. The van der Waals surface area contributed by atoms with Crippen LogP contribution in [-0.2, 0) is 10.3 Å². The number of carbonyl (C=O) groups is 1. The van der Waals surface area contributed by atoms with Crippen LogP contribution in [0.2, 0.25) is 0 Å². The van der Waals surface area contributed by atoms with E-state index < -0.39 is 11.6 Å².